The number of halogens is 1. The van der Waals surface area contributed by atoms with E-state index in [1.54, 1.807) is 0 Å². The minimum absolute atomic E-state index is 0.496. The van der Waals surface area contributed by atoms with Gasteiger partial charge in [-0.2, -0.15) is 0 Å². The van der Waals surface area contributed by atoms with Crippen molar-refractivity contribution in [2.75, 3.05) is 6.54 Å². The van der Waals surface area contributed by atoms with Crippen LogP contribution in [-0.2, 0) is 0 Å². The maximum Gasteiger partial charge on any atom is 0.0406 e. The van der Waals surface area contributed by atoms with Crippen LogP contribution in [0.3, 0.4) is 0 Å². The lowest BCUT2D eigenvalue weighted by molar-refractivity contribution is 0.301. The number of rotatable bonds is 5. The van der Waals surface area contributed by atoms with E-state index >= 15 is 0 Å². The van der Waals surface area contributed by atoms with Gasteiger partial charge in [-0.15, -0.1) is 0 Å². The molecule has 2 rings (SSSR count). The van der Waals surface area contributed by atoms with Crippen LogP contribution < -0.4 is 5.32 Å². The molecule has 0 aromatic heterocycles. The smallest absolute Gasteiger partial charge is 0.0406 e. The zero-order valence-electron chi connectivity index (χ0n) is 11.3. The van der Waals surface area contributed by atoms with Gasteiger partial charge in [0, 0.05) is 11.1 Å². The number of hydrogen-bond donors (Lipinski definition) is 1. The molecule has 1 aliphatic rings. The Morgan fingerprint density at radius 1 is 1.17 bits per heavy atom. The second-order valence-electron chi connectivity index (χ2n) is 5.40. The average molecular weight is 266 g/mol. The predicted molar refractivity (Wildman–Crippen MR) is 79.1 cm³/mol. The summed E-state index contributed by atoms with van der Waals surface area (Å²) in [5.41, 5.74) is 1.38. The monoisotopic (exact) mass is 265 g/mol. The van der Waals surface area contributed by atoms with Crippen LogP contribution in [0.2, 0.25) is 5.02 Å². The third-order valence-electron chi connectivity index (χ3n) is 4.02. The molecule has 1 atom stereocenters. The normalized spacial score (nSPS) is 18.8. The van der Waals surface area contributed by atoms with Gasteiger partial charge in [0.05, 0.1) is 0 Å². The third-order valence-corrected chi connectivity index (χ3v) is 4.27. The standard InChI is InChI=1S/C16H24ClN/c1-2-18-16(12-13-6-4-3-5-7-13)14-8-10-15(17)11-9-14/h8-11,13,16,18H,2-7,12H2,1H3. The molecule has 0 aliphatic heterocycles. The highest BCUT2D eigenvalue weighted by molar-refractivity contribution is 6.30. The fraction of sp³-hybridized carbons (Fsp3) is 0.625. The summed E-state index contributed by atoms with van der Waals surface area (Å²) < 4.78 is 0. The molecule has 1 fully saturated rings. The fourth-order valence-electron chi connectivity index (χ4n) is 3.03. The number of benzene rings is 1. The van der Waals surface area contributed by atoms with Crippen molar-refractivity contribution in [1.82, 2.24) is 5.32 Å². The van der Waals surface area contributed by atoms with Gasteiger partial charge in [0.15, 0.2) is 0 Å². The highest BCUT2D eigenvalue weighted by Gasteiger charge is 2.19. The van der Waals surface area contributed by atoms with Gasteiger partial charge in [-0.25, -0.2) is 0 Å². The second kappa shape index (κ2) is 7.16. The molecule has 18 heavy (non-hydrogen) atoms. The molecular weight excluding hydrogens is 242 g/mol. The maximum absolute atomic E-state index is 5.96. The van der Waals surface area contributed by atoms with E-state index in [0.29, 0.717) is 6.04 Å². The number of nitrogens with one attached hydrogen (secondary N) is 1. The molecular formula is C16H24ClN. The first-order valence-corrected chi connectivity index (χ1v) is 7.66. The van der Waals surface area contributed by atoms with E-state index in [9.17, 15) is 0 Å². The van der Waals surface area contributed by atoms with Crippen LogP contribution in [0.25, 0.3) is 0 Å². The SMILES string of the molecule is CCNC(CC1CCCCC1)c1ccc(Cl)cc1. The molecule has 1 N–H and O–H groups in total. The van der Waals surface area contributed by atoms with E-state index in [-0.39, 0.29) is 0 Å². The molecule has 2 heteroatoms. The Balaban J connectivity index is 2.00. The summed E-state index contributed by atoms with van der Waals surface area (Å²) >= 11 is 5.96. The lowest BCUT2D eigenvalue weighted by Gasteiger charge is -2.27. The third kappa shape index (κ3) is 4.00. The Labute approximate surface area is 116 Å². The van der Waals surface area contributed by atoms with E-state index in [0.717, 1.165) is 17.5 Å². The first kappa shape index (κ1) is 13.9. The van der Waals surface area contributed by atoms with Crippen LogP contribution in [0, 0.1) is 5.92 Å². The molecule has 1 nitrogen and oxygen atoms in total. The van der Waals surface area contributed by atoms with Crippen LogP contribution >= 0.6 is 11.6 Å². The van der Waals surface area contributed by atoms with Gasteiger partial charge in [-0.05, 0) is 36.6 Å². The zero-order chi connectivity index (χ0) is 12.8. The minimum atomic E-state index is 0.496. The molecule has 0 saturated heterocycles. The van der Waals surface area contributed by atoms with Crippen molar-refractivity contribution in [3.05, 3.63) is 34.9 Å². The Kier molecular flexibility index (Phi) is 5.52. The van der Waals surface area contributed by atoms with Gasteiger partial charge in [0.1, 0.15) is 0 Å². The zero-order valence-corrected chi connectivity index (χ0v) is 12.0. The minimum Gasteiger partial charge on any atom is -0.310 e. The summed E-state index contributed by atoms with van der Waals surface area (Å²) in [5.74, 6) is 0.901. The largest absolute Gasteiger partial charge is 0.310 e. The number of hydrogen-bond acceptors (Lipinski definition) is 1. The molecule has 0 bridgehead atoms. The van der Waals surface area contributed by atoms with Crippen LogP contribution in [0.1, 0.15) is 57.1 Å². The molecule has 0 heterocycles. The molecule has 0 amide bonds. The maximum atomic E-state index is 5.96. The quantitative estimate of drug-likeness (QED) is 0.793. The van der Waals surface area contributed by atoms with Gasteiger partial charge in [0.25, 0.3) is 0 Å². The van der Waals surface area contributed by atoms with Gasteiger partial charge in [0.2, 0.25) is 0 Å². The van der Waals surface area contributed by atoms with Crippen molar-refractivity contribution >= 4 is 11.6 Å². The Morgan fingerprint density at radius 3 is 2.44 bits per heavy atom. The molecule has 1 saturated carbocycles. The van der Waals surface area contributed by atoms with E-state index < -0.39 is 0 Å². The fourth-order valence-corrected chi connectivity index (χ4v) is 3.16. The van der Waals surface area contributed by atoms with Crippen molar-refractivity contribution in [2.24, 2.45) is 5.92 Å². The topological polar surface area (TPSA) is 12.0 Å². The molecule has 1 aliphatic carbocycles. The lowest BCUT2D eigenvalue weighted by atomic mass is 9.83. The summed E-state index contributed by atoms with van der Waals surface area (Å²) in [6.07, 6.45) is 8.37. The Hall–Kier alpha value is -0.530. The first-order valence-electron chi connectivity index (χ1n) is 7.28. The highest BCUT2D eigenvalue weighted by atomic mass is 35.5. The van der Waals surface area contributed by atoms with E-state index in [1.807, 2.05) is 12.1 Å². The van der Waals surface area contributed by atoms with Gasteiger partial charge >= 0.3 is 0 Å². The summed E-state index contributed by atoms with van der Waals surface area (Å²) in [6.45, 7) is 3.21. The molecule has 1 unspecified atom stereocenters. The van der Waals surface area contributed by atoms with Crippen molar-refractivity contribution in [3.8, 4) is 0 Å². The predicted octanol–water partition coefficient (Wildman–Crippen LogP) is 4.96. The summed E-state index contributed by atoms with van der Waals surface area (Å²) in [7, 11) is 0. The molecule has 0 spiro atoms. The Morgan fingerprint density at radius 2 is 1.83 bits per heavy atom. The highest BCUT2D eigenvalue weighted by Crippen LogP contribution is 2.32. The van der Waals surface area contributed by atoms with Crippen molar-refractivity contribution in [3.63, 3.8) is 0 Å². The van der Waals surface area contributed by atoms with Crippen molar-refractivity contribution in [2.45, 2.75) is 51.5 Å². The van der Waals surface area contributed by atoms with Gasteiger partial charge < -0.3 is 5.32 Å². The van der Waals surface area contributed by atoms with E-state index in [1.165, 1.54) is 44.1 Å². The molecule has 0 radical (unpaired) electrons. The summed E-state index contributed by atoms with van der Waals surface area (Å²) in [4.78, 5) is 0. The molecule has 1 aromatic rings. The summed E-state index contributed by atoms with van der Waals surface area (Å²) in [5, 5.41) is 4.45. The van der Waals surface area contributed by atoms with Crippen LogP contribution in [0.15, 0.2) is 24.3 Å². The average Bonchev–Trinajstić information content (AvgIpc) is 2.40. The Bertz CT molecular complexity index is 341. The van der Waals surface area contributed by atoms with E-state index in [4.69, 9.17) is 11.6 Å². The molecule has 100 valence electrons. The van der Waals surface area contributed by atoms with Crippen LogP contribution in [-0.4, -0.2) is 6.54 Å². The van der Waals surface area contributed by atoms with E-state index in [2.05, 4.69) is 24.4 Å². The lowest BCUT2D eigenvalue weighted by Crippen LogP contribution is -2.24. The van der Waals surface area contributed by atoms with Crippen LogP contribution in [0.5, 0.6) is 0 Å². The second-order valence-corrected chi connectivity index (χ2v) is 5.84. The van der Waals surface area contributed by atoms with Crippen LogP contribution in [0.4, 0.5) is 0 Å². The van der Waals surface area contributed by atoms with Gasteiger partial charge in [-0.3, -0.25) is 0 Å². The summed E-state index contributed by atoms with van der Waals surface area (Å²) in [6, 6.07) is 8.83. The van der Waals surface area contributed by atoms with Crippen molar-refractivity contribution in [1.29, 1.82) is 0 Å². The van der Waals surface area contributed by atoms with Gasteiger partial charge in [-0.1, -0.05) is 62.8 Å². The van der Waals surface area contributed by atoms with Crippen molar-refractivity contribution < 1.29 is 0 Å². The first-order chi connectivity index (χ1) is 8.79. The molecule has 1 aromatic carbocycles.